The average Bonchev–Trinajstić information content (AvgIpc) is 2.29. The first-order valence-corrected chi connectivity index (χ1v) is 6.46. The predicted molar refractivity (Wildman–Crippen MR) is 76.0 cm³/mol. The molecule has 0 amide bonds. The summed E-state index contributed by atoms with van der Waals surface area (Å²) in [6.45, 7) is 4.41. The minimum absolute atomic E-state index is 0.0105. The van der Waals surface area contributed by atoms with Crippen LogP contribution in [0.3, 0.4) is 0 Å². The summed E-state index contributed by atoms with van der Waals surface area (Å²) in [6.07, 6.45) is 0. The zero-order valence-electron chi connectivity index (χ0n) is 12.3. The van der Waals surface area contributed by atoms with Gasteiger partial charge in [0.1, 0.15) is 0 Å². The molecule has 0 spiro atoms. The average molecular weight is 288 g/mol. The zero-order chi connectivity index (χ0) is 15.3. The molecule has 20 heavy (non-hydrogen) atoms. The molecule has 0 aliphatic carbocycles. The summed E-state index contributed by atoms with van der Waals surface area (Å²) in [4.78, 5) is 5.67. The third-order valence-corrected chi connectivity index (χ3v) is 2.57. The summed E-state index contributed by atoms with van der Waals surface area (Å²) >= 11 is 0. The van der Waals surface area contributed by atoms with Crippen LogP contribution in [0.1, 0.15) is 13.8 Å². The van der Waals surface area contributed by atoms with Crippen molar-refractivity contribution in [3.8, 4) is 0 Å². The van der Waals surface area contributed by atoms with Gasteiger partial charge in [0.2, 0.25) is 0 Å². The van der Waals surface area contributed by atoms with Crippen LogP contribution in [0.5, 0.6) is 0 Å². The molecule has 1 atom stereocenters. The monoisotopic (exact) mass is 288 g/mol. The molecule has 3 N–H and O–H groups in total. The van der Waals surface area contributed by atoms with Gasteiger partial charge in [0, 0.05) is 25.7 Å². The van der Waals surface area contributed by atoms with E-state index in [2.05, 4.69) is 15.6 Å². The minimum atomic E-state index is -1.05. The molecule has 1 aromatic heterocycles. The van der Waals surface area contributed by atoms with Crippen molar-refractivity contribution in [2.45, 2.75) is 19.4 Å². The number of rotatable bonds is 7. The third-order valence-electron chi connectivity index (χ3n) is 2.57. The van der Waals surface area contributed by atoms with Gasteiger partial charge in [-0.1, -0.05) is 0 Å². The van der Waals surface area contributed by atoms with E-state index in [-0.39, 0.29) is 18.2 Å². The highest BCUT2D eigenvalue weighted by molar-refractivity contribution is 5.47. The van der Waals surface area contributed by atoms with E-state index in [0.717, 1.165) is 6.07 Å². The Balaban J connectivity index is 2.79. The van der Waals surface area contributed by atoms with Crippen molar-refractivity contribution < 1.29 is 13.9 Å². The lowest BCUT2D eigenvalue weighted by Crippen LogP contribution is -2.43. The quantitative estimate of drug-likeness (QED) is 0.710. The van der Waals surface area contributed by atoms with Crippen molar-refractivity contribution in [3.05, 3.63) is 17.7 Å². The summed E-state index contributed by atoms with van der Waals surface area (Å²) in [5.41, 5.74) is -1.05. The number of aliphatic hydroxyl groups is 1. The Morgan fingerprint density at radius 1 is 1.25 bits per heavy atom. The molecule has 0 aliphatic rings. The Kier molecular flexibility index (Phi) is 5.64. The zero-order valence-corrected chi connectivity index (χ0v) is 12.3. The van der Waals surface area contributed by atoms with E-state index in [1.54, 1.807) is 13.8 Å². The number of aromatic nitrogens is 1. The molecule has 0 aliphatic heterocycles. The van der Waals surface area contributed by atoms with Gasteiger partial charge in [-0.2, -0.15) is 0 Å². The maximum absolute atomic E-state index is 13.6. The molecule has 0 radical (unpaired) electrons. The molecule has 114 valence electrons. The number of hydrogen-bond acceptors (Lipinski definition) is 5. The maximum Gasteiger partial charge on any atom is 0.168 e. The van der Waals surface area contributed by atoms with Crippen molar-refractivity contribution in [3.63, 3.8) is 0 Å². The predicted octanol–water partition coefficient (Wildman–Crippen LogP) is 1.52. The topological polar surface area (TPSA) is 60.4 Å². The van der Waals surface area contributed by atoms with E-state index in [4.69, 9.17) is 0 Å². The Morgan fingerprint density at radius 2 is 1.80 bits per heavy atom. The molecule has 1 aromatic rings. The lowest BCUT2D eigenvalue weighted by atomic mass is 10.1. The van der Waals surface area contributed by atoms with Crippen LogP contribution in [0.15, 0.2) is 6.07 Å². The van der Waals surface area contributed by atoms with Crippen LogP contribution < -0.4 is 10.6 Å². The van der Waals surface area contributed by atoms with E-state index in [9.17, 15) is 13.9 Å². The molecule has 0 aromatic carbocycles. The van der Waals surface area contributed by atoms with Gasteiger partial charge < -0.3 is 20.6 Å². The fraction of sp³-hybridized carbons (Fsp3) is 0.615. The molecule has 1 heterocycles. The molecule has 7 heteroatoms. The van der Waals surface area contributed by atoms with Crippen LogP contribution in [0.2, 0.25) is 0 Å². The Labute approximate surface area is 118 Å². The number of hydrogen-bond donors (Lipinski definition) is 3. The number of pyridine rings is 1. The highest BCUT2D eigenvalue weighted by atomic mass is 19.1. The van der Waals surface area contributed by atoms with Crippen molar-refractivity contribution in [1.82, 2.24) is 9.88 Å². The molecular formula is C13H22F2N4O. The molecule has 0 fully saturated rings. The number of nitrogens with one attached hydrogen (secondary N) is 2. The highest BCUT2D eigenvalue weighted by Gasteiger charge is 2.22. The van der Waals surface area contributed by atoms with Crippen LogP contribution >= 0.6 is 0 Å². The molecule has 1 unspecified atom stereocenters. The molecule has 0 saturated carbocycles. The number of anilines is 2. The highest BCUT2D eigenvalue weighted by Crippen LogP contribution is 2.19. The van der Waals surface area contributed by atoms with E-state index in [0.29, 0.717) is 13.1 Å². The number of halogens is 2. The van der Waals surface area contributed by atoms with Crippen LogP contribution in [-0.4, -0.2) is 54.3 Å². The summed E-state index contributed by atoms with van der Waals surface area (Å²) in [5, 5.41) is 15.5. The maximum atomic E-state index is 13.6. The van der Waals surface area contributed by atoms with Crippen LogP contribution in [0, 0.1) is 11.6 Å². The summed E-state index contributed by atoms with van der Waals surface area (Å²) in [7, 11) is 3.66. The van der Waals surface area contributed by atoms with Crippen molar-refractivity contribution >= 4 is 11.6 Å². The van der Waals surface area contributed by atoms with Crippen molar-refractivity contribution in [2.75, 3.05) is 44.4 Å². The van der Waals surface area contributed by atoms with E-state index in [1.807, 2.05) is 19.0 Å². The molecule has 1 rings (SSSR count). The normalized spacial score (nSPS) is 14.2. The number of likely N-dealkylation sites (N-methyl/N-ethyl adjacent to an activating group) is 1. The second-order valence-corrected chi connectivity index (χ2v) is 5.27. The van der Waals surface area contributed by atoms with Gasteiger partial charge in [-0.15, -0.1) is 0 Å². The Morgan fingerprint density at radius 3 is 2.30 bits per heavy atom. The van der Waals surface area contributed by atoms with Gasteiger partial charge in [0.25, 0.3) is 0 Å². The molecular weight excluding hydrogens is 266 g/mol. The van der Waals surface area contributed by atoms with E-state index in [1.165, 1.54) is 0 Å². The minimum Gasteiger partial charge on any atom is -0.387 e. The fourth-order valence-corrected chi connectivity index (χ4v) is 1.89. The van der Waals surface area contributed by atoms with Gasteiger partial charge in [-0.3, -0.25) is 0 Å². The van der Waals surface area contributed by atoms with E-state index < -0.39 is 17.2 Å². The van der Waals surface area contributed by atoms with Gasteiger partial charge in [0.05, 0.1) is 5.60 Å². The lowest BCUT2D eigenvalue weighted by Gasteiger charge is -2.27. The summed E-state index contributed by atoms with van der Waals surface area (Å²) in [6, 6.07) is 0.772. The first kappa shape index (κ1) is 16.6. The standard InChI is InChI=1S/C13H22F2N4O/c1-5-16-11-9(14)6-10(15)12(18-11)17-7-13(2,20)8-19(3)4/h6,20H,5,7-8H2,1-4H3,(H2,16,17,18). The third kappa shape index (κ3) is 4.90. The number of nitrogens with zero attached hydrogens (tertiary/aromatic N) is 2. The van der Waals surface area contributed by atoms with E-state index >= 15 is 0 Å². The second kappa shape index (κ2) is 6.81. The second-order valence-electron chi connectivity index (χ2n) is 5.27. The van der Waals surface area contributed by atoms with Crippen LogP contribution in [0.4, 0.5) is 20.4 Å². The Hall–Kier alpha value is -1.47. The first-order valence-electron chi connectivity index (χ1n) is 6.46. The van der Waals surface area contributed by atoms with Gasteiger partial charge in [0.15, 0.2) is 23.3 Å². The fourth-order valence-electron chi connectivity index (χ4n) is 1.89. The van der Waals surface area contributed by atoms with Gasteiger partial charge in [-0.25, -0.2) is 13.8 Å². The SMILES string of the molecule is CCNc1nc(NCC(C)(O)CN(C)C)c(F)cc1F. The molecule has 0 bridgehead atoms. The van der Waals surface area contributed by atoms with Crippen molar-refractivity contribution in [1.29, 1.82) is 0 Å². The lowest BCUT2D eigenvalue weighted by molar-refractivity contribution is 0.0458. The largest absolute Gasteiger partial charge is 0.387 e. The van der Waals surface area contributed by atoms with Crippen LogP contribution in [0.25, 0.3) is 0 Å². The molecule has 0 saturated heterocycles. The van der Waals surface area contributed by atoms with Crippen molar-refractivity contribution in [2.24, 2.45) is 0 Å². The first-order chi connectivity index (χ1) is 9.25. The van der Waals surface area contributed by atoms with Crippen LogP contribution in [-0.2, 0) is 0 Å². The Bertz CT molecular complexity index is 452. The van der Waals surface area contributed by atoms with Gasteiger partial charge in [-0.05, 0) is 27.9 Å². The summed E-state index contributed by atoms with van der Waals surface area (Å²) < 4.78 is 27.0. The van der Waals surface area contributed by atoms with Gasteiger partial charge >= 0.3 is 0 Å². The summed E-state index contributed by atoms with van der Waals surface area (Å²) in [5.74, 6) is -1.62. The smallest absolute Gasteiger partial charge is 0.168 e. The molecule has 5 nitrogen and oxygen atoms in total.